The van der Waals surface area contributed by atoms with Crippen LogP contribution >= 0.6 is 0 Å². The van der Waals surface area contributed by atoms with Crippen LogP contribution in [0.3, 0.4) is 0 Å². The van der Waals surface area contributed by atoms with E-state index in [2.05, 4.69) is 109 Å². The SMILES string of the molecule is C=C(C)c1ccc2nnc(C(C)c3ccc4nc(NC(=O)C5CC5)cn4n3)n2c1.CC(c1ccc2nc(NC(=O)C3CC3)cn2n1)c1nnc2ccc(-c3ccc(CNCCS(C)(=O)=O)o3)cn12.CC(c1ccc2nc(NC(=O)C3CC3)cn2n1)c1nnc2ccc(-c3cnn(CC(=O)N(C)C)c3)cn12.COCCOCn1cc(-c2ccc3nnc(C(C)c4ccc5nc(NC(=O)C6CC6)cn5n4)n3c2)cn1. The van der Waals surface area contributed by atoms with Gasteiger partial charge in [0.05, 0.1) is 109 Å². The molecule has 142 heavy (non-hydrogen) atoms. The topological polar surface area (TPSA) is 492 Å². The van der Waals surface area contributed by atoms with Crippen molar-refractivity contribution >= 4 is 113 Å². The number of furan rings is 1. The van der Waals surface area contributed by atoms with E-state index in [4.69, 9.17) is 29.2 Å². The van der Waals surface area contributed by atoms with Gasteiger partial charge in [0.1, 0.15) is 57.9 Å². The van der Waals surface area contributed by atoms with E-state index in [0.717, 1.165) is 153 Å². The molecule has 19 heterocycles. The van der Waals surface area contributed by atoms with Gasteiger partial charge < -0.3 is 45.4 Å². The summed E-state index contributed by atoms with van der Waals surface area (Å²) < 4.78 is 57.1. The summed E-state index contributed by atoms with van der Waals surface area (Å²) in [6.45, 7) is 16.5. The van der Waals surface area contributed by atoms with Crippen molar-refractivity contribution in [3.63, 3.8) is 0 Å². The molecule has 0 aliphatic heterocycles. The molecule has 0 aromatic carbocycles. The molecular formula is C97H102N34O10S. The third kappa shape index (κ3) is 21.1. The Hall–Kier alpha value is -16.4. The van der Waals surface area contributed by atoms with E-state index in [-0.39, 0.29) is 89.2 Å². The lowest BCUT2D eigenvalue weighted by molar-refractivity contribution is -0.129. The molecule has 0 saturated heterocycles. The molecular weight excluding hydrogens is 1830 g/mol. The molecule has 5 N–H and O–H groups in total. The molecule has 23 rings (SSSR count). The Morgan fingerprint density at radius 2 is 0.796 bits per heavy atom. The minimum Gasteiger partial charge on any atom is -0.460 e. The number of amides is 5. The number of allylic oxidation sites excluding steroid dienone is 1. The van der Waals surface area contributed by atoms with Crippen LogP contribution in [0.5, 0.6) is 0 Å². The number of fused-ring (bicyclic) bond motifs is 8. The molecule has 4 aliphatic rings. The number of aromatic nitrogens is 28. The predicted molar refractivity (Wildman–Crippen MR) is 522 cm³/mol. The molecule has 0 radical (unpaired) electrons. The smallest absolute Gasteiger partial charge is 0.243 e. The molecule has 19 aromatic rings. The van der Waals surface area contributed by atoms with Crippen LogP contribution < -0.4 is 26.6 Å². The third-order valence-electron chi connectivity index (χ3n) is 25.0. The van der Waals surface area contributed by atoms with Gasteiger partial charge in [-0.15, -0.1) is 40.8 Å². The Labute approximate surface area is 810 Å². The van der Waals surface area contributed by atoms with Crippen LogP contribution in [0, 0.1) is 23.7 Å². The van der Waals surface area contributed by atoms with E-state index in [1.165, 1.54) is 6.26 Å². The number of nitrogens with zero attached hydrogens (tertiary/aromatic N) is 29. The monoisotopic (exact) mass is 1930 g/mol. The summed E-state index contributed by atoms with van der Waals surface area (Å²) in [5, 5.41) is 77.2. The maximum Gasteiger partial charge on any atom is 0.243 e. The Morgan fingerprint density at radius 3 is 1.17 bits per heavy atom. The fourth-order valence-corrected chi connectivity index (χ4v) is 16.5. The quantitative estimate of drug-likeness (QED) is 0.0244. The first kappa shape index (κ1) is 93.2. The van der Waals surface area contributed by atoms with Crippen LogP contribution in [0.15, 0.2) is 195 Å². The lowest BCUT2D eigenvalue weighted by Crippen LogP contribution is -2.26. The van der Waals surface area contributed by atoms with Crippen molar-refractivity contribution in [1.29, 1.82) is 0 Å². The van der Waals surface area contributed by atoms with Gasteiger partial charge in [0, 0.05) is 123 Å². The molecule has 4 saturated carbocycles. The Morgan fingerprint density at radius 1 is 0.437 bits per heavy atom. The number of anilines is 4. The molecule has 19 aromatic heterocycles. The molecule has 5 amide bonds. The highest BCUT2D eigenvalue weighted by Gasteiger charge is 2.35. The highest BCUT2D eigenvalue weighted by Crippen LogP contribution is 2.37. The zero-order chi connectivity index (χ0) is 98.3. The number of likely N-dealkylation sites (N-methyl/N-ethyl adjacent to an activating group) is 1. The zero-order valence-corrected chi connectivity index (χ0v) is 80.0. The van der Waals surface area contributed by atoms with Gasteiger partial charge in [0.15, 0.2) is 68.4 Å². The third-order valence-corrected chi connectivity index (χ3v) is 25.9. The number of sulfone groups is 1. The molecule has 45 heteroatoms. The predicted octanol–water partition coefficient (Wildman–Crippen LogP) is 11.0. The molecule has 4 fully saturated rings. The van der Waals surface area contributed by atoms with Crippen molar-refractivity contribution in [2.45, 2.75) is 129 Å². The molecule has 4 atom stereocenters. The number of pyridine rings is 4. The van der Waals surface area contributed by atoms with Crippen molar-refractivity contribution < 1.29 is 46.3 Å². The van der Waals surface area contributed by atoms with Crippen LogP contribution in [0.4, 0.5) is 23.3 Å². The summed E-state index contributed by atoms with van der Waals surface area (Å²) in [6, 6.07) is 34.5. The summed E-state index contributed by atoms with van der Waals surface area (Å²) in [7, 11) is 2.08. The number of methoxy groups -OCH3 is 1. The highest BCUT2D eigenvalue weighted by molar-refractivity contribution is 7.90. The first-order chi connectivity index (χ1) is 68.7. The van der Waals surface area contributed by atoms with Gasteiger partial charge in [-0.3, -0.25) is 46.3 Å². The average Bonchev–Trinajstić information content (AvgIpc) is 1.63. The highest BCUT2D eigenvalue weighted by atomic mass is 32.2. The van der Waals surface area contributed by atoms with Crippen LogP contribution in [0.1, 0.15) is 167 Å². The number of hydrogen-bond donors (Lipinski definition) is 5. The van der Waals surface area contributed by atoms with Crippen molar-refractivity contribution in [3.05, 3.63) is 248 Å². The van der Waals surface area contributed by atoms with Crippen molar-refractivity contribution in [2.24, 2.45) is 23.7 Å². The van der Waals surface area contributed by atoms with Crippen molar-refractivity contribution in [2.75, 3.05) is 74.2 Å². The van der Waals surface area contributed by atoms with Crippen molar-refractivity contribution in [3.8, 4) is 33.6 Å². The van der Waals surface area contributed by atoms with Gasteiger partial charge in [-0.25, -0.2) is 51.1 Å². The van der Waals surface area contributed by atoms with E-state index in [0.29, 0.717) is 96.1 Å². The molecule has 4 unspecified atom stereocenters. The van der Waals surface area contributed by atoms with Crippen LogP contribution in [0.2, 0.25) is 0 Å². The zero-order valence-electron chi connectivity index (χ0n) is 79.2. The second-order valence-corrected chi connectivity index (χ2v) is 38.6. The number of ether oxygens (including phenoxy) is 2. The standard InChI is InChI=1S/C26H28N8O4S.C25H26N10O2.C25H27N9O3.C21H21N7O/c1-16(20-7-10-23-28-22(15-34(23)32-20)29-26(35)17-3-4-17)25-31-30-24-9-5-18(14-33(24)25)21-8-6-19(38-21)13-27-11-12-39(2,36)37;1-15(19-7-9-21-27-20(13-35(21)31-19)28-25(37)16-4-5-16)24-30-29-22-8-6-17(12-34(22)24)18-10-26-33(11-18)14-23(36)32(2)3;1-16(20-6-8-22-27-21(14-34(22)31-20)28-25(35)17-3-4-17)24-30-29-23-7-5-18(13-33(23)24)19-11-26-32(12-19)15-37-10-9-36-2;1-12(2)15-6-8-19-24-25-20(27(19)10-15)13(3)16-7-9-18-22-17(11-28(18)26-16)23-21(29)14-4-5-14/h5-10,14-17,27H,3-4,11-13H2,1-2H3,(H,29,35);6-13,15-16H,4-5,14H2,1-3H3,(H,28,37);5-8,11-14,16-17H,3-4,9-10,15H2,1-2H3,(H,28,35);6-11,13-14H,1,4-5H2,2-3H3,(H,23,29). The van der Waals surface area contributed by atoms with E-state index in [1.807, 2.05) is 205 Å². The van der Waals surface area contributed by atoms with Gasteiger partial charge in [0.2, 0.25) is 29.5 Å². The Kier molecular flexibility index (Phi) is 25.9. The summed E-state index contributed by atoms with van der Waals surface area (Å²) in [4.78, 5) is 79.6. The first-order valence-corrected chi connectivity index (χ1v) is 48.8. The van der Waals surface area contributed by atoms with E-state index in [9.17, 15) is 32.4 Å². The van der Waals surface area contributed by atoms with E-state index < -0.39 is 9.84 Å². The normalized spacial score (nSPS) is 14.6. The maximum atomic E-state index is 12.1. The lowest BCUT2D eigenvalue weighted by Gasteiger charge is -2.10. The van der Waals surface area contributed by atoms with Gasteiger partial charge in [-0.1, -0.05) is 6.58 Å². The first-order valence-electron chi connectivity index (χ1n) is 46.7. The van der Waals surface area contributed by atoms with Crippen LogP contribution in [-0.4, -0.2) is 232 Å². The molecule has 4 aliphatic carbocycles. The Bertz CT molecular complexity index is 8130. The number of nitrogens with one attached hydrogen (secondary N) is 5. The van der Waals surface area contributed by atoms with Gasteiger partial charge in [-0.05, 0) is 206 Å². The van der Waals surface area contributed by atoms with Gasteiger partial charge >= 0.3 is 0 Å². The lowest BCUT2D eigenvalue weighted by atomic mass is 10.1. The number of rotatable bonds is 32. The number of carbonyl (C=O) groups excluding carboxylic acids is 5. The van der Waals surface area contributed by atoms with Gasteiger partial charge in [-0.2, -0.15) is 30.6 Å². The molecule has 0 bridgehead atoms. The maximum absolute atomic E-state index is 12.1. The fourth-order valence-electron chi connectivity index (χ4n) is 16.0. The van der Waals surface area contributed by atoms with E-state index >= 15 is 0 Å². The largest absolute Gasteiger partial charge is 0.460 e. The molecule has 44 nitrogen and oxygen atoms in total. The van der Waals surface area contributed by atoms with Crippen LogP contribution in [0.25, 0.3) is 84.3 Å². The second kappa shape index (κ2) is 39.5. The van der Waals surface area contributed by atoms with E-state index in [1.54, 1.807) is 84.5 Å². The summed E-state index contributed by atoms with van der Waals surface area (Å²) in [6.07, 6.45) is 30.9. The second-order valence-electron chi connectivity index (χ2n) is 36.4. The van der Waals surface area contributed by atoms with Crippen molar-refractivity contribution in [1.82, 2.24) is 147 Å². The summed E-state index contributed by atoms with van der Waals surface area (Å²) in [5.74, 6) is 6.44. The number of imidazole rings is 4. The summed E-state index contributed by atoms with van der Waals surface area (Å²) in [5.41, 5.74) is 15.4. The molecule has 0 spiro atoms. The number of hydrogen-bond acceptors (Lipinski definition) is 29. The molecule has 726 valence electrons. The summed E-state index contributed by atoms with van der Waals surface area (Å²) >= 11 is 0. The van der Waals surface area contributed by atoms with Crippen LogP contribution in [-0.2, 0) is 63.1 Å². The van der Waals surface area contributed by atoms with Gasteiger partial charge in [0.25, 0.3) is 0 Å². The average molecular weight is 1940 g/mol. The minimum atomic E-state index is -3.01. The fraction of sp³-hybridized carbons (Fsp3) is 0.330. The minimum absolute atomic E-state index is 0.00428. The number of carbonyl (C=O) groups is 5. The Balaban J connectivity index is 0.000000116.